The second kappa shape index (κ2) is 5.95. The number of nitriles is 1. The number of nitrogens with two attached hydrogens (primary N) is 1. The summed E-state index contributed by atoms with van der Waals surface area (Å²) < 4.78 is 41.9. The van der Waals surface area contributed by atoms with E-state index >= 15 is 0 Å². The largest absolute Gasteiger partial charge is 0.465 e. The van der Waals surface area contributed by atoms with Crippen molar-refractivity contribution in [2.24, 2.45) is 5.73 Å². The molecule has 0 saturated heterocycles. The zero-order valence-corrected chi connectivity index (χ0v) is 10.6. The van der Waals surface area contributed by atoms with Gasteiger partial charge in [0.2, 0.25) is 0 Å². The van der Waals surface area contributed by atoms with E-state index in [-0.39, 0.29) is 28.1 Å². The second-order valence-corrected chi connectivity index (χ2v) is 4.41. The lowest BCUT2D eigenvalue weighted by atomic mass is 10.0. The number of hydrogen-bond donors (Lipinski definition) is 1. The maximum atomic E-state index is 12.5. The van der Waals surface area contributed by atoms with Gasteiger partial charge in [-0.05, 0) is 23.4 Å². The van der Waals surface area contributed by atoms with Gasteiger partial charge in [0.05, 0.1) is 18.2 Å². The van der Waals surface area contributed by atoms with Crippen LogP contribution in [-0.2, 0) is 11.3 Å². The monoisotopic (exact) mass is 290 g/mol. The maximum Gasteiger partial charge on any atom is 0.446 e. The van der Waals surface area contributed by atoms with Gasteiger partial charge in [-0.25, -0.2) is 4.79 Å². The molecular weight excluding hydrogens is 281 g/mol. The molecule has 102 valence electrons. The molecule has 19 heavy (non-hydrogen) atoms. The zero-order chi connectivity index (χ0) is 14.6. The average Bonchev–Trinajstić information content (AvgIpc) is 2.35. The molecule has 0 aromatic heterocycles. The highest BCUT2D eigenvalue weighted by Gasteiger charge is 2.33. The summed E-state index contributed by atoms with van der Waals surface area (Å²) in [4.78, 5) is 11.1. The van der Waals surface area contributed by atoms with Crippen LogP contribution in [0.1, 0.15) is 21.5 Å². The third-order valence-corrected chi connectivity index (χ3v) is 3.10. The van der Waals surface area contributed by atoms with Crippen LogP contribution in [0.4, 0.5) is 13.2 Å². The Hall–Kier alpha value is -1.72. The molecule has 0 amide bonds. The molecule has 0 aliphatic heterocycles. The maximum absolute atomic E-state index is 12.5. The van der Waals surface area contributed by atoms with Gasteiger partial charge < -0.3 is 10.5 Å². The van der Waals surface area contributed by atoms with Crippen LogP contribution in [-0.4, -0.2) is 18.6 Å². The van der Waals surface area contributed by atoms with Crippen molar-refractivity contribution in [2.75, 3.05) is 7.11 Å². The van der Waals surface area contributed by atoms with E-state index in [0.29, 0.717) is 0 Å². The van der Waals surface area contributed by atoms with E-state index in [2.05, 4.69) is 4.74 Å². The Balaban J connectivity index is 3.47. The number of benzene rings is 1. The van der Waals surface area contributed by atoms with E-state index < -0.39 is 23.2 Å². The molecule has 2 N–H and O–H groups in total. The predicted molar refractivity (Wildman–Crippen MR) is 62.3 cm³/mol. The van der Waals surface area contributed by atoms with Gasteiger partial charge in [0.25, 0.3) is 0 Å². The Morgan fingerprint density at radius 1 is 1.53 bits per heavy atom. The average molecular weight is 290 g/mol. The lowest BCUT2D eigenvalue weighted by molar-refractivity contribution is -0.0328. The van der Waals surface area contributed by atoms with Crippen molar-refractivity contribution in [3.05, 3.63) is 28.8 Å². The first-order valence-corrected chi connectivity index (χ1v) is 5.75. The predicted octanol–water partition coefficient (Wildman–Crippen LogP) is 2.42. The topological polar surface area (TPSA) is 76.1 Å². The molecule has 0 fully saturated rings. The summed E-state index contributed by atoms with van der Waals surface area (Å²) in [5.74, 6) is -0.871. The summed E-state index contributed by atoms with van der Waals surface area (Å²) in [5, 5.41) is 8.98. The van der Waals surface area contributed by atoms with Gasteiger partial charge >= 0.3 is 11.5 Å². The lowest BCUT2D eigenvalue weighted by Gasteiger charge is -2.13. The molecule has 0 heterocycles. The number of esters is 1. The third kappa shape index (κ3) is 3.62. The molecule has 0 aliphatic rings. The number of hydrogen-bond acceptors (Lipinski definition) is 5. The first kappa shape index (κ1) is 15.3. The van der Waals surface area contributed by atoms with Gasteiger partial charge in [0.15, 0.2) is 0 Å². The summed E-state index contributed by atoms with van der Waals surface area (Å²) in [7, 11) is 1.08. The van der Waals surface area contributed by atoms with Crippen molar-refractivity contribution in [3.63, 3.8) is 0 Å². The third-order valence-electron chi connectivity index (χ3n) is 2.19. The SMILES string of the molecule is COC(=O)c1ccc(CN)c(SC(F)(F)F)c1C#N. The molecule has 0 spiro atoms. The normalized spacial score (nSPS) is 10.9. The minimum Gasteiger partial charge on any atom is -0.465 e. The summed E-state index contributed by atoms with van der Waals surface area (Å²) in [5.41, 5.74) is 0.320. The zero-order valence-electron chi connectivity index (χ0n) is 9.75. The van der Waals surface area contributed by atoms with Gasteiger partial charge in [-0.15, -0.1) is 0 Å². The fourth-order valence-electron chi connectivity index (χ4n) is 1.41. The van der Waals surface area contributed by atoms with E-state index in [0.717, 1.165) is 7.11 Å². The van der Waals surface area contributed by atoms with Crippen LogP contribution >= 0.6 is 11.8 Å². The van der Waals surface area contributed by atoms with Crippen molar-refractivity contribution in [1.29, 1.82) is 5.26 Å². The van der Waals surface area contributed by atoms with Gasteiger partial charge in [-0.1, -0.05) is 6.07 Å². The summed E-state index contributed by atoms with van der Waals surface area (Å²) >= 11 is -0.465. The molecule has 1 rings (SSSR count). The Bertz CT molecular complexity index is 538. The fourth-order valence-corrected chi connectivity index (χ4v) is 2.18. The van der Waals surface area contributed by atoms with Crippen molar-refractivity contribution >= 4 is 17.7 Å². The number of nitrogens with zero attached hydrogens (tertiary/aromatic N) is 1. The molecule has 1 aromatic rings. The van der Waals surface area contributed by atoms with Gasteiger partial charge in [0, 0.05) is 11.4 Å². The highest BCUT2D eigenvalue weighted by Crippen LogP contribution is 2.41. The number of halogens is 3. The number of ether oxygens (including phenoxy) is 1. The van der Waals surface area contributed by atoms with Crippen LogP contribution in [0.5, 0.6) is 0 Å². The molecule has 0 unspecified atom stereocenters. The summed E-state index contributed by atoms with van der Waals surface area (Å²) in [6, 6.07) is 4.11. The van der Waals surface area contributed by atoms with Crippen LogP contribution < -0.4 is 5.73 Å². The number of alkyl halides is 3. The van der Waals surface area contributed by atoms with E-state index in [1.165, 1.54) is 12.1 Å². The highest BCUT2D eigenvalue weighted by molar-refractivity contribution is 8.00. The number of carbonyl (C=O) groups excluding carboxylic acids is 1. The minimum atomic E-state index is -4.58. The van der Waals surface area contributed by atoms with Crippen LogP contribution in [0.2, 0.25) is 0 Å². The number of rotatable bonds is 3. The van der Waals surface area contributed by atoms with Crippen LogP contribution in [0, 0.1) is 11.3 Å². The number of thioether (sulfide) groups is 1. The second-order valence-electron chi connectivity index (χ2n) is 3.33. The standard InChI is InChI=1S/C11H9F3N2O2S/c1-18-10(17)7-3-2-6(4-15)9(8(7)5-16)19-11(12,13)14/h2-3H,4,15H2,1H3. The minimum absolute atomic E-state index is 0.145. The Morgan fingerprint density at radius 3 is 2.58 bits per heavy atom. The molecule has 0 saturated carbocycles. The van der Waals surface area contributed by atoms with Gasteiger partial charge in [0.1, 0.15) is 6.07 Å². The van der Waals surface area contributed by atoms with Crippen molar-refractivity contribution in [2.45, 2.75) is 16.9 Å². The lowest BCUT2D eigenvalue weighted by Crippen LogP contribution is -2.11. The molecule has 0 atom stereocenters. The molecular formula is C11H9F3N2O2S. The van der Waals surface area contributed by atoms with Crippen LogP contribution in [0.3, 0.4) is 0 Å². The van der Waals surface area contributed by atoms with Crippen LogP contribution in [0.25, 0.3) is 0 Å². The molecule has 4 nitrogen and oxygen atoms in total. The Labute approximate surface area is 111 Å². The van der Waals surface area contributed by atoms with E-state index in [4.69, 9.17) is 11.0 Å². The van der Waals surface area contributed by atoms with Gasteiger partial charge in [-0.3, -0.25) is 0 Å². The van der Waals surface area contributed by atoms with E-state index in [9.17, 15) is 18.0 Å². The fraction of sp³-hybridized carbons (Fsp3) is 0.273. The highest BCUT2D eigenvalue weighted by atomic mass is 32.2. The molecule has 0 radical (unpaired) electrons. The Kier molecular flexibility index (Phi) is 4.80. The summed E-state index contributed by atoms with van der Waals surface area (Å²) in [6.07, 6.45) is 0. The molecule has 1 aromatic carbocycles. The molecule has 8 heteroatoms. The Morgan fingerprint density at radius 2 is 2.16 bits per heavy atom. The number of methoxy groups -OCH3 is 1. The number of carbonyl (C=O) groups is 1. The molecule has 0 aliphatic carbocycles. The first-order chi connectivity index (χ1) is 8.84. The van der Waals surface area contributed by atoms with Crippen molar-refractivity contribution < 1.29 is 22.7 Å². The molecule has 0 bridgehead atoms. The summed E-state index contributed by atoms with van der Waals surface area (Å²) in [6.45, 7) is -0.172. The van der Waals surface area contributed by atoms with E-state index in [1.54, 1.807) is 6.07 Å². The van der Waals surface area contributed by atoms with Crippen LogP contribution in [0.15, 0.2) is 17.0 Å². The quantitative estimate of drug-likeness (QED) is 0.683. The smallest absolute Gasteiger partial charge is 0.446 e. The van der Waals surface area contributed by atoms with Gasteiger partial charge in [-0.2, -0.15) is 18.4 Å². The van der Waals surface area contributed by atoms with Crippen molar-refractivity contribution in [3.8, 4) is 6.07 Å². The van der Waals surface area contributed by atoms with Crippen molar-refractivity contribution in [1.82, 2.24) is 0 Å². The van der Waals surface area contributed by atoms with E-state index in [1.807, 2.05) is 0 Å². The first-order valence-electron chi connectivity index (χ1n) is 4.94.